The number of phenols is 1. The Labute approximate surface area is 113 Å². The summed E-state index contributed by atoms with van der Waals surface area (Å²) >= 11 is 0. The van der Waals surface area contributed by atoms with Crippen molar-refractivity contribution in [1.29, 1.82) is 0 Å². The number of hydrogen-bond acceptors (Lipinski definition) is 4. The predicted molar refractivity (Wildman–Crippen MR) is 72.4 cm³/mol. The van der Waals surface area contributed by atoms with E-state index in [9.17, 15) is 15.0 Å². The van der Waals surface area contributed by atoms with Gasteiger partial charge in [0.25, 0.3) is 0 Å². The molecule has 0 radical (unpaired) electrons. The lowest BCUT2D eigenvalue weighted by molar-refractivity contribution is -0.144. The van der Waals surface area contributed by atoms with Crippen molar-refractivity contribution >= 4 is 5.97 Å². The Hall–Kier alpha value is -1.75. The van der Waals surface area contributed by atoms with E-state index in [1.807, 2.05) is 6.92 Å². The van der Waals surface area contributed by atoms with Crippen LogP contribution < -0.4 is 10.1 Å². The van der Waals surface area contributed by atoms with Crippen molar-refractivity contribution in [2.75, 3.05) is 7.11 Å². The Morgan fingerprint density at radius 1 is 1.47 bits per heavy atom. The van der Waals surface area contributed by atoms with Crippen molar-refractivity contribution in [3.05, 3.63) is 23.8 Å². The van der Waals surface area contributed by atoms with Crippen LogP contribution >= 0.6 is 0 Å². The molecule has 0 saturated heterocycles. The van der Waals surface area contributed by atoms with Gasteiger partial charge in [-0.2, -0.15) is 0 Å². The molecule has 1 unspecified atom stereocenters. The number of hydrogen-bond donors (Lipinski definition) is 3. The molecule has 1 aromatic carbocycles. The fourth-order valence-corrected chi connectivity index (χ4v) is 1.88. The minimum absolute atomic E-state index is 0.0936. The third-order valence-corrected chi connectivity index (χ3v) is 3.18. The molecule has 1 aromatic rings. The highest BCUT2D eigenvalue weighted by atomic mass is 16.5. The molecule has 0 amide bonds. The van der Waals surface area contributed by atoms with Crippen LogP contribution in [0.2, 0.25) is 0 Å². The van der Waals surface area contributed by atoms with Gasteiger partial charge in [0, 0.05) is 18.2 Å². The second kappa shape index (κ2) is 6.43. The Bertz CT molecular complexity index is 447. The fourth-order valence-electron chi connectivity index (χ4n) is 1.88. The summed E-state index contributed by atoms with van der Waals surface area (Å²) in [5.41, 5.74) is -0.342. The lowest BCUT2D eigenvalue weighted by atomic mass is 9.96. The van der Waals surface area contributed by atoms with Crippen molar-refractivity contribution < 1.29 is 19.7 Å². The number of benzene rings is 1. The van der Waals surface area contributed by atoms with Crippen molar-refractivity contribution in [2.45, 2.75) is 38.8 Å². The molecule has 5 nitrogen and oxygen atoms in total. The van der Waals surface area contributed by atoms with E-state index in [0.29, 0.717) is 24.3 Å². The van der Waals surface area contributed by atoms with Gasteiger partial charge in [0.1, 0.15) is 17.0 Å². The summed E-state index contributed by atoms with van der Waals surface area (Å²) in [5.74, 6) is -0.228. The van der Waals surface area contributed by atoms with Crippen LogP contribution in [0, 0.1) is 0 Å². The quantitative estimate of drug-likeness (QED) is 0.705. The molecule has 0 spiro atoms. The predicted octanol–water partition coefficient (Wildman–Crippen LogP) is 2.13. The first-order valence-electron chi connectivity index (χ1n) is 6.27. The van der Waals surface area contributed by atoms with Crippen molar-refractivity contribution in [3.63, 3.8) is 0 Å². The molecule has 106 valence electrons. The van der Waals surface area contributed by atoms with E-state index >= 15 is 0 Å². The monoisotopic (exact) mass is 267 g/mol. The van der Waals surface area contributed by atoms with Crippen LogP contribution in [-0.4, -0.2) is 28.8 Å². The number of aromatic hydroxyl groups is 1. The van der Waals surface area contributed by atoms with Gasteiger partial charge < -0.3 is 14.9 Å². The maximum Gasteiger partial charge on any atom is 0.323 e. The topological polar surface area (TPSA) is 78.8 Å². The number of ether oxygens (including phenoxy) is 1. The van der Waals surface area contributed by atoms with Gasteiger partial charge in [0.05, 0.1) is 7.11 Å². The summed E-state index contributed by atoms with van der Waals surface area (Å²) in [6, 6.07) is 4.96. The highest BCUT2D eigenvalue weighted by Crippen LogP contribution is 2.24. The molecule has 0 aliphatic carbocycles. The van der Waals surface area contributed by atoms with Crippen LogP contribution in [0.1, 0.15) is 32.3 Å². The summed E-state index contributed by atoms with van der Waals surface area (Å²) in [5, 5.41) is 22.1. The minimum atomic E-state index is -0.985. The normalized spacial score (nSPS) is 13.8. The third kappa shape index (κ3) is 3.86. The lowest BCUT2D eigenvalue weighted by Gasteiger charge is -2.26. The molecule has 0 heterocycles. The van der Waals surface area contributed by atoms with Gasteiger partial charge in [-0.05, 0) is 19.4 Å². The van der Waals surface area contributed by atoms with E-state index in [4.69, 9.17) is 4.74 Å². The summed E-state index contributed by atoms with van der Waals surface area (Å²) in [7, 11) is 1.52. The number of carboxylic acids is 1. The molecular weight excluding hydrogens is 246 g/mol. The molecule has 1 atom stereocenters. The van der Waals surface area contributed by atoms with Gasteiger partial charge in [-0.1, -0.05) is 19.4 Å². The van der Waals surface area contributed by atoms with E-state index in [1.54, 1.807) is 19.1 Å². The Morgan fingerprint density at radius 2 is 2.16 bits per heavy atom. The first-order valence-corrected chi connectivity index (χ1v) is 6.27. The molecule has 0 aliphatic heterocycles. The number of nitrogens with one attached hydrogen (secondary N) is 1. The minimum Gasteiger partial charge on any atom is -0.507 e. The molecule has 3 N–H and O–H groups in total. The SMILES string of the molecule is CCCC(C)(NCc1ccc(OC)cc1O)C(=O)O. The van der Waals surface area contributed by atoms with Gasteiger partial charge in [-0.15, -0.1) is 0 Å². The molecule has 0 bridgehead atoms. The first kappa shape index (κ1) is 15.3. The van der Waals surface area contributed by atoms with Crippen LogP contribution in [0.5, 0.6) is 11.5 Å². The van der Waals surface area contributed by atoms with E-state index in [0.717, 1.165) is 6.42 Å². The molecule has 0 saturated carbocycles. The van der Waals surface area contributed by atoms with E-state index < -0.39 is 11.5 Å². The molecule has 5 heteroatoms. The lowest BCUT2D eigenvalue weighted by Crippen LogP contribution is -2.48. The standard InChI is InChI=1S/C14H21NO4/c1-4-7-14(2,13(17)18)15-9-10-5-6-11(19-3)8-12(10)16/h5-6,8,15-16H,4,7,9H2,1-3H3,(H,17,18). The maximum atomic E-state index is 11.3. The highest BCUT2D eigenvalue weighted by Gasteiger charge is 2.31. The Morgan fingerprint density at radius 3 is 2.63 bits per heavy atom. The second-order valence-electron chi connectivity index (χ2n) is 4.74. The summed E-state index contributed by atoms with van der Waals surface area (Å²) in [6.07, 6.45) is 1.30. The molecule has 19 heavy (non-hydrogen) atoms. The number of aliphatic carboxylic acids is 1. The molecule has 0 aromatic heterocycles. The molecule has 0 fully saturated rings. The zero-order chi connectivity index (χ0) is 14.5. The zero-order valence-corrected chi connectivity index (χ0v) is 11.6. The first-order chi connectivity index (χ1) is 8.92. The Kier molecular flexibility index (Phi) is 5.18. The molecule has 0 aliphatic rings. The van der Waals surface area contributed by atoms with Gasteiger partial charge in [-0.25, -0.2) is 0 Å². The van der Waals surface area contributed by atoms with Crippen LogP contribution in [0.4, 0.5) is 0 Å². The number of methoxy groups -OCH3 is 1. The summed E-state index contributed by atoms with van der Waals surface area (Å²) in [4.78, 5) is 11.3. The maximum absolute atomic E-state index is 11.3. The van der Waals surface area contributed by atoms with Crippen molar-refractivity contribution in [3.8, 4) is 11.5 Å². The van der Waals surface area contributed by atoms with E-state index in [1.165, 1.54) is 13.2 Å². The Balaban J connectivity index is 2.77. The molecule has 1 rings (SSSR count). The number of carboxylic acid groups (broad SMARTS) is 1. The smallest absolute Gasteiger partial charge is 0.323 e. The average Bonchev–Trinajstić information content (AvgIpc) is 2.37. The van der Waals surface area contributed by atoms with Crippen molar-refractivity contribution in [2.24, 2.45) is 0 Å². The van der Waals surface area contributed by atoms with Gasteiger partial charge in [0.2, 0.25) is 0 Å². The third-order valence-electron chi connectivity index (χ3n) is 3.18. The highest BCUT2D eigenvalue weighted by molar-refractivity contribution is 5.78. The van der Waals surface area contributed by atoms with Gasteiger partial charge in [0.15, 0.2) is 0 Å². The summed E-state index contributed by atoms with van der Waals surface area (Å²) < 4.78 is 5.00. The fraction of sp³-hybridized carbons (Fsp3) is 0.500. The van der Waals surface area contributed by atoms with Gasteiger partial charge in [-0.3, -0.25) is 10.1 Å². The number of phenolic OH excluding ortho intramolecular Hbond substituents is 1. The number of carbonyl (C=O) groups is 1. The average molecular weight is 267 g/mol. The van der Waals surface area contributed by atoms with Crippen LogP contribution in [0.3, 0.4) is 0 Å². The van der Waals surface area contributed by atoms with Crippen LogP contribution in [0.15, 0.2) is 18.2 Å². The molecular formula is C14H21NO4. The van der Waals surface area contributed by atoms with Crippen LogP contribution in [-0.2, 0) is 11.3 Å². The summed E-state index contributed by atoms with van der Waals surface area (Å²) in [6.45, 7) is 3.88. The van der Waals surface area contributed by atoms with Crippen LogP contribution in [0.25, 0.3) is 0 Å². The second-order valence-corrected chi connectivity index (χ2v) is 4.74. The van der Waals surface area contributed by atoms with E-state index in [2.05, 4.69) is 5.32 Å². The van der Waals surface area contributed by atoms with Gasteiger partial charge >= 0.3 is 5.97 Å². The van der Waals surface area contributed by atoms with Crippen molar-refractivity contribution in [1.82, 2.24) is 5.32 Å². The largest absolute Gasteiger partial charge is 0.507 e. The number of rotatable bonds is 7. The zero-order valence-electron chi connectivity index (χ0n) is 11.6. The van der Waals surface area contributed by atoms with E-state index in [-0.39, 0.29) is 5.75 Å².